The minimum Gasteiger partial charge on any atom is -0.496 e. The molecule has 0 fully saturated rings. The molecule has 2 heterocycles. The van der Waals surface area contributed by atoms with Crippen molar-refractivity contribution in [3.8, 4) is 11.5 Å². The van der Waals surface area contributed by atoms with E-state index in [1.54, 1.807) is 7.11 Å². The molecule has 2 unspecified atom stereocenters. The molecule has 2 N–H and O–H groups in total. The Labute approximate surface area is 123 Å². The molecule has 0 spiro atoms. The molecule has 0 bridgehead atoms. The van der Waals surface area contributed by atoms with Crippen LogP contribution in [-0.4, -0.2) is 33.8 Å². The number of benzene rings is 1. The molecule has 1 aliphatic rings. The Hall–Kier alpha value is -2.15. The van der Waals surface area contributed by atoms with Crippen molar-refractivity contribution >= 4 is 0 Å². The zero-order chi connectivity index (χ0) is 14.8. The normalized spacial score (nSPS) is 18.1. The average Bonchev–Trinajstić information content (AvgIpc) is 3.11. The monoisotopic (exact) mass is 289 g/mol. The van der Waals surface area contributed by atoms with E-state index in [9.17, 15) is 0 Å². The molecule has 0 radical (unpaired) electrons. The Morgan fingerprint density at radius 2 is 2.38 bits per heavy atom. The molecule has 21 heavy (non-hydrogen) atoms. The number of rotatable bonds is 5. The van der Waals surface area contributed by atoms with Crippen molar-refractivity contribution in [2.75, 3.05) is 7.11 Å². The van der Waals surface area contributed by atoms with Gasteiger partial charge < -0.3 is 14.8 Å². The topological polar surface area (TPSA) is 85.0 Å². The third-order valence-electron chi connectivity index (χ3n) is 3.65. The van der Waals surface area contributed by atoms with Gasteiger partial charge in [-0.15, -0.1) is 10.2 Å². The number of aromatic amines is 1. The number of H-pyrrole nitrogens is 1. The number of nitrogens with zero attached hydrogens (tertiary/aromatic N) is 3. The third kappa shape index (κ3) is 2.82. The van der Waals surface area contributed by atoms with Crippen molar-refractivity contribution in [1.82, 2.24) is 25.9 Å². The molecule has 0 saturated carbocycles. The van der Waals surface area contributed by atoms with Gasteiger partial charge in [-0.25, -0.2) is 0 Å². The van der Waals surface area contributed by atoms with E-state index >= 15 is 0 Å². The van der Waals surface area contributed by atoms with Crippen LogP contribution >= 0.6 is 0 Å². The summed E-state index contributed by atoms with van der Waals surface area (Å²) in [6.07, 6.45) is 1.16. The van der Waals surface area contributed by atoms with Crippen molar-refractivity contribution in [3.63, 3.8) is 0 Å². The van der Waals surface area contributed by atoms with Gasteiger partial charge in [0, 0.05) is 24.1 Å². The first-order valence-corrected chi connectivity index (χ1v) is 7.00. The molecule has 3 rings (SSSR count). The number of fused-ring (bicyclic) bond motifs is 1. The van der Waals surface area contributed by atoms with E-state index in [4.69, 9.17) is 9.47 Å². The number of aromatic nitrogens is 4. The molecule has 0 aliphatic carbocycles. The summed E-state index contributed by atoms with van der Waals surface area (Å²) in [4.78, 5) is 0. The summed E-state index contributed by atoms with van der Waals surface area (Å²) >= 11 is 0. The van der Waals surface area contributed by atoms with Crippen LogP contribution in [0.4, 0.5) is 0 Å². The van der Waals surface area contributed by atoms with Gasteiger partial charge in [0.1, 0.15) is 17.6 Å². The quantitative estimate of drug-likeness (QED) is 0.865. The predicted octanol–water partition coefficient (Wildman–Crippen LogP) is 1.38. The number of methoxy groups -OCH3 is 1. The minimum absolute atomic E-state index is 0.00144. The predicted molar refractivity (Wildman–Crippen MR) is 76.2 cm³/mol. The maximum atomic E-state index is 5.80. The minimum atomic E-state index is 0.00144. The molecule has 2 atom stereocenters. The van der Waals surface area contributed by atoms with Gasteiger partial charge in [-0.1, -0.05) is 5.21 Å². The van der Waals surface area contributed by atoms with Gasteiger partial charge in [-0.05, 0) is 26.0 Å². The zero-order valence-electron chi connectivity index (χ0n) is 12.4. The summed E-state index contributed by atoms with van der Waals surface area (Å²) in [5, 5.41) is 17.3. The lowest BCUT2D eigenvalue weighted by Gasteiger charge is -2.14. The smallest absolute Gasteiger partial charge is 0.191 e. The number of ether oxygens (including phenoxy) is 2. The molecule has 1 aromatic carbocycles. The molecular weight excluding hydrogens is 270 g/mol. The Morgan fingerprint density at radius 3 is 3.10 bits per heavy atom. The molecule has 1 aromatic heterocycles. The Bertz CT molecular complexity index is 614. The summed E-state index contributed by atoms with van der Waals surface area (Å²) in [6.45, 7) is 4.70. The van der Waals surface area contributed by atoms with Crippen molar-refractivity contribution < 1.29 is 9.47 Å². The molecule has 7 nitrogen and oxygen atoms in total. The highest BCUT2D eigenvalue weighted by Gasteiger charge is 2.22. The highest BCUT2D eigenvalue weighted by Crippen LogP contribution is 2.35. The lowest BCUT2D eigenvalue weighted by molar-refractivity contribution is 0.254. The summed E-state index contributed by atoms with van der Waals surface area (Å²) < 4.78 is 11.3. The Kier molecular flexibility index (Phi) is 3.74. The van der Waals surface area contributed by atoms with Crippen LogP contribution in [0, 0.1) is 0 Å². The second-order valence-corrected chi connectivity index (χ2v) is 5.28. The van der Waals surface area contributed by atoms with Gasteiger partial charge in [0.2, 0.25) is 0 Å². The van der Waals surface area contributed by atoms with E-state index < -0.39 is 0 Å². The molecule has 0 amide bonds. The SMILES string of the molecule is COc1cc2c(cc1CNC(C)c1nn[nH]n1)OC(C)C2. The number of nitrogens with one attached hydrogen (secondary N) is 2. The van der Waals surface area contributed by atoms with E-state index in [2.05, 4.69) is 38.9 Å². The first kappa shape index (κ1) is 13.8. The molecule has 7 heteroatoms. The van der Waals surface area contributed by atoms with Crippen molar-refractivity contribution in [3.05, 3.63) is 29.1 Å². The van der Waals surface area contributed by atoms with Gasteiger partial charge in [0.15, 0.2) is 5.82 Å². The first-order valence-electron chi connectivity index (χ1n) is 7.00. The van der Waals surface area contributed by atoms with Gasteiger partial charge >= 0.3 is 0 Å². The second-order valence-electron chi connectivity index (χ2n) is 5.28. The lowest BCUT2D eigenvalue weighted by atomic mass is 10.1. The van der Waals surface area contributed by atoms with Crippen LogP contribution in [0.15, 0.2) is 12.1 Å². The molecule has 2 aromatic rings. The van der Waals surface area contributed by atoms with E-state index in [0.29, 0.717) is 12.4 Å². The van der Waals surface area contributed by atoms with E-state index in [0.717, 1.165) is 23.5 Å². The van der Waals surface area contributed by atoms with Crippen LogP contribution < -0.4 is 14.8 Å². The van der Waals surface area contributed by atoms with Crippen molar-refractivity contribution in [2.45, 2.75) is 39.0 Å². The van der Waals surface area contributed by atoms with Crippen LogP contribution in [0.3, 0.4) is 0 Å². The summed E-state index contributed by atoms with van der Waals surface area (Å²) in [5.41, 5.74) is 2.26. The number of tetrazole rings is 1. The largest absolute Gasteiger partial charge is 0.496 e. The van der Waals surface area contributed by atoms with E-state index in [-0.39, 0.29) is 12.1 Å². The fourth-order valence-electron chi connectivity index (χ4n) is 2.52. The van der Waals surface area contributed by atoms with Crippen molar-refractivity contribution in [1.29, 1.82) is 0 Å². The van der Waals surface area contributed by atoms with Crippen LogP contribution in [0.25, 0.3) is 0 Å². The fraction of sp³-hybridized carbons (Fsp3) is 0.500. The van der Waals surface area contributed by atoms with Crippen LogP contribution in [-0.2, 0) is 13.0 Å². The fourth-order valence-corrected chi connectivity index (χ4v) is 2.52. The lowest BCUT2D eigenvalue weighted by Crippen LogP contribution is -2.19. The highest BCUT2D eigenvalue weighted by molar-refractivity contribution is 5.48. The third-order valence-corrected chi connectivity index (χ3v) is 3.65. The molecule has 112 valence electrons. The first-order chi connectivity index (χ1) is 10.2. The van der Waals surface area contributed by atoms with Gasteiger partial charge in [-0.2, -0.15) is 5.21 Å². The van der Waals surface area contributed by atoms with Gasteiger partial charge in [0.05, 0.1) is 13.2 Å². The van der Waals surface area contributed by atoms with Gasteiger partial charge in [-0.3, -0.25) is 0 Å². The maximum Gasteiger partial charge on any atom is 0.191 e. The summed E-state index contributed by atoms with van der Waals surface area (Å²) in [7, 11) is 1.69. The van der Waals surface area contributed by atoms with Crippen LogP contribution in [0.1, 0.15) is 36.8 Å². The molecule has 0 saturated heterocycles. The van der Waals surface area contributed by atoms with Crippen LogP contribution in [0.5, 0.6) is 11.5 Å². The molecular formula is C14H19N5O2. The maximum absolute atomic E-state index is 5.80. The van der Waals surface area contributed by atoms with Crippen LogP contribution in [0.2, 0.25) is 0 Å². The van der Waals surface area contributed by atoms with Gasteiger partial charge in [0.25, 0.3) is 0 Å². The van der Waals surface area contributed by atoms with E-state index in [1.165, 1.54) is 5.56 Å². The average molecular weight is 289 g/mol. The highest BCUT2D eigenvalue weighted by atomic mass is 16.5. The standard InChI is InChI=1S/C14H19N5O2/c1-8-4-10-5-12(20-3)11(6-13(10)21-8)7-15-9(2)14-16-18-19-17-14/h5-6,8-9,15H,4,7H2,1-3H3,(H,16,17,18,19). The Balaban J connectivity index is 1.74. The number of hydrogen-bond acceptors (Lipinski definition) is 6. The molecule has 1 aliphatic heterocycles. The van der Waals surface area contributed by atoms with Crippen molar-refractivity contribution in [2.24, 2.45) is 0 Å². The Morgan fingerprint density at radius 1 is 1.52 bits per heavy atom. The summed E-state index contributed by atoms with van der Waals surface area (Å²) in [6, 6.07) is 4.12. The van der Waals surface area contributed by atoms with E-state index in [1.807, 2.05) is 13.0 Å². The second kappa shape index (κ2) is 5.69. The zero-order valence-corrected chi connectivity index (χ0v) is 12.4. The number of hydrogen-bond donors (Lipinski definition) is 2. The summed E-state index contributed by atoms with van der Waals surface area (Å²) in [5.74, 6) is 2.46.